The number of hydrogen-bond donors (Lipinski definition) is 2. The summed E-state index contributed by atoms with van der Waals surface area (Å²) < 4.78 is 0. The lowest BCUT2D eigenvalue weighted by atomic mass is 10.4. The van der Waals surface area contributed by atoms with E-state index in [0.29, 0.717) is 0 Å². The largest absolute Gasteiger partial charge is 0.326 e. The van der Waals surface area contributed by atoms with Gasteiger partial charge in [0.1, 0.15) is 24.3 Å². The molecule has 18 heavy (non-hydrogen) atoms. The number of nitrogens with zero attached hydrogens (tertiary/aromatic N) is 6. The van der Waals surface area contributed by atoms with E-state index in [1.54, 1.807) is 24.3 Å². The summed E-state index contributed by atoms with van der Waals surface area (Å²) in [5.41, 5.74) is -0.135. The van der Waals surface area contributed by atoms with Crippen LogP contribution in [0.5, 0.6) is 0 Å². The molecule has 0 spiro atoms. The molecule has 0 fully saturated rings. The van der Waals surface area contributed by atoms with E-state index < -0.39 is 0 Å². The molecule has 0 aliphatic heterocycles. The smallest absolute Gasteiger partial charge is 0.177 e. The van der Waals surface area contributed by atoms with Crippen molar-refractivity contribution in [2.24, 2.45) is 0 Å². The highest BCUT2D eigenvalue weighted by atomic mass is 15.0. The lowest BCUT2D eigenvalue weighted by Gasteiger charge is -1.86. The molecule has 0 unspecified atom stereocenters. The Labute approximate surface area is 100 Å². The van der Waals surface area contributed by atoms with Crippen LogP contribution in [0.3, 0.4) is 0 Å². The third-order valence-corrected chi connectivity index (χ3v) is 2.07. The second-order valence-corrected chi connectivity index (χ2v) is 3.07. The van der Waals surface area contributed by atoms with Crippen molar-refractivity contribution < 1.29 is 0 Å². The number of imidazole rings is 2. The Hall–Kier alpha value is -3.62. The van der Waals surface area contributed by atoms with Crippen LogP contribution in [0.4, 0.5) is 0 Å². The van der Waals surface area contributed by atoms with Crippen LogP contribution in [0.25, 0.3) is 11.6 Å². The van der Waals surface area contributed by atoms with Gasteiger partial charge >= 0.3 is 0 Å². The lowest BCUT2D eigenvalue weighted by molar-refractivity contribution is 1.18. The zero-order valence-corrected chi connectivity index (χ0v) is 8.68. The van der Waals surface area contributed by atoms with E-state index >= 15 is 0 Å². The zero-order chi connectivity index (χ0) is 13.1. The second-order valence-electron chi connectivity index (χ2n) is 3.07. The predicted molar refractivity (Wildman–Crippen MR) is 55.0 cm³/mol. The lowest BCUT2D eigenvalue weighted by Crippen LogP contribution is -1.83. The molecule has 0 atom stereocenters. The number of rotatable bonds is 1. The Morgan fingerprint density at radius 2 is 1.06 bits per heavy atom. The molecule has 0 aromatic carbocycles. The van der Waals surface area contributed by atoms with Crippen molar-refractivity contribution in [3.63, 3.8) is 0 Å². The Bertz CT molecular complexity index is 649. The number of H-pyrrole nitrogens is 2. The molecule has 2 N–H and O–H groups in total. The molecule has 0 saturated heterocycles. The topological polar surface area (TPSA) is 153 Å². The Morgan fingerprint density at radius 3 is 1.28 bits per heavy atom. The fourth-order valence-corrected chi connectivity index (χ4v) is 1.29. The summed E-state index contributed by atoms with van der Waals surface area (Å²) in [6, 6.07) is 7.05. The summed E-state index contributed by atoms with van der Waals surface area (Å²) in [6.07, 6.45) is 0. The van der Waals surface area contributed by atoms with Gasteiger partial charge in [0.25, 0.3) is 0 Å². The fraction of sp³-hybridized carbons (Fsp3) is 0. The molecule has 8 nitrogen and oxygen atoms in total. The first-order valence-corrected chi connectivity index (χ1v) is 4.54. The van der Waals surface area contributed by atoms with Crippen molar-refractivity contribution in [1.29, 1.82) is 21.0 Å². The van der Waals surface area contributed by atoms with Crippen LogP contribution in [0.1, 0.15) is 22.8 Å². The molecule has 0 aliphatic carbocycles. The predicted octanol–water partition coefficient (Wildman–Crippen LogP) is 0.287. The molecule has 0 bridgehead atoms. The minimum atomic E-state index is -0.0686. The first-order chi connectivity index (χ1) is 8.73. The van der Waals surface area contributed by atoms with E-state index in [-0.39, 0.29) is 34.4 Å². The van der Waals surface area contributed by atoms with Gasteiger partial charge in [-0.25, -0.2) is 9.97 Å². The SMILES string of the molecule is N#Cc1nc(-c2nc(C#N)c(C#N)[nH]2)[nH]c1C#N. The summed E-state index contributed by atoms with van der Waals surface area (Å²) in [4.78, 5) is 12.8. The van der Waals surface area contributed by atoms with Gasteiger partial charge in [0, 0.05) is 0 Å². The molecule has 0 amide bonds. The third-order valence-electron chi connectivity index (χ3n) is 2.07. The van der Waals surface area contributed by atoms with Gasteiger partial charge in [0.15, 0.2) is 34.4 Å². The van der Waals surface area contributed by atoms with Crippen molar-refractivity contribution in [3.8, 4) is 35.9 Å². The number of aromatic nitrogens is 4. The van der Waals surface area contributed by atoms with Crippen LogP contribution >= 0.6 is 0 Å². The van der Waals surface area contributed by atoms with Crippen LogP contribution in [-0.2, 0) is 0 Å². The fourth-order valence-electron chi connectivity index (χ4n) is 1.29. The Balaban J connectivity index is 2.59. The van der Waals surface area contributed by atoms with Crippen LogP contribution in [-0.4, -0.2) is 19.9 Å². The number of nitrogens with one attached hydrogen (secondary N) is 2. The Morgan fingerprint density at radius 1 is 0.667 bits per heavy atom. The number of aromatic amines is 2. The number of nitriles is 4. The normalized spacial score (nSPS) is 8.89. The van der Waals surface area contributed by atoms with Crippen molar-refractivity contribution in [3.05, 3.63) is 22.8 Å². The maximum absolute atomic E-state index is 8.75. The minimum absolute atomic E-state index is 0.000848. The summed E-state index contributed by atoms with van der Waals surface area (Å²) in [5, 5.41) is 35.0. The molecule has 8 heteroatoms. The van der Waals surface area contributed by atoms with E-state index in [2.05, 4.69) is 19.9 Å². The van der Waals surface area contributed by atoms with Gasteiger partial charge in [0.05, 0.1) is 0 Å². The molecule has 2 rings (SSSR count). The molecule has 2 heterocycles. The monoisotopic (exact) mass is 234 g/mol. The zero-order valence-electron chi connectivity index (χ0n) is 8.68. The molecule has 2 aromatic rings. The van der Waals surface area contributed by atoms with Gasteiger partial charge in [-0.15, -0.1) is 0 Å². The molecule has 2 aromatic heterocycles. The summed E-state index contributed by atoms with van der Waals surface area (Å²) in [7, 11) is 0. The third kappa shape index (κ3) is 1.53. The molecule has 0 aliphatic rings. The van der Waals surface area contributed by atoms with Gasteiger partial charge in [-0.1, -0.05) is 0 Å². The second kappa shape index (κ2) is 4.09. The molecular formula is C10H2N8. The quantitative estimate of drug-likeness (QED) is 0.722. The minimum Gasteiger partial charge on any atom is -0.326 e. The average molecular weight is 234 g/mol. The van der Waals surface area contributed by atoms with Gasteiger partial charge < -0.3 is 9.97 Å². The molecular weight excluding hydrogens is 232 g/mol. The number of hydrogen-bond acceptors (Lipinski definition) is 6. The standard InChI is InChI=1S/C10H2N8/c11-1-5-6(2-12)16-9(15-5)10-17-7(3-13)8(4-14)18-10/h(H,15,16)(H,17,18). The highest BCUT2D eigenvalue weighted by Gasteiger charge is 2.16. The highest BCUT2D eigenvalue weighted by molar-refractivity contribution is 5.54. The van der Waals surface area contributed by atoms with Crippen LogP contribution in [0.2, 0.25) is 0 Å². The van der Waals surface area contributed by atoms with Crippen molar-refractivity contribution >= 4 is 0 Å². The van der Waals surface area contributed by atoms with E-state index in [9.17, 15) is 0 Å². The highest BCUT2D eigenvalue weighted by Crippen LogP contribution is 2.16. The van der Waals surface area contributed by atoms with Crippen LogP contribution in [0, 0.1) is 45.3 Å². The maximum Gasteiger partial charge on any atom is 0.177 e. The summed E-state index contributed by atoms with van der Waals surface area (Å²) in [6.45, 7) is 0. The van der Waals surface area contributed by atoms with Gasteiger partial charge in [0.2, 0.25) is 0 Å². The first-order valence-electron chi connectivity index (χ1n) is 4.54. The van der Waals surface area contributed by atoms with Crippen molar-refractivity contribution in [2.45, 2.75) is 0 Å². The average Bonchev–Trinajstić information content (AvgIpc) is 3.01. The van der Waals surface area contributed by atoms with Crippen molar-refractivity contribution in [2.75, 3.05) is 0 Å². The Kier molecular flexibility index (Phi) is 2.48. The molecule has 0 radical (unpaired) electrons. The van der Waals surface area contributed by atoms with E-state index in [1.807, 2.05) is 0 Å². The van der Waals surface area contributed by atoms with Gasteiger partial charge in [-0.3, -0.25) is 0 Å². The first kappa shape index (κ1) is 10.9. The molecule has 82 valence electrons. The summed E-state index contributed by atoms with van der Waals surface area (Å²) >= 11 is 0. The van der Waals surface area contributed by atoms with E-state index in [4.69, 9.17) is 21.0 Å². The van der Waals surface area contributed by atoms with Crippen molar-refractivity contribution in [1.82, 2.24) is 19.9 Å². The maximum atomic E-state index is 8.75. The van der Waals surface area contributed by atoms with E-state index in [0.717, 1.165) is 0 Å². The van der Waals surface area contributed by atoms with Gasteiger partial charge in [-0.2, -0.15) is 21.0 Å². The van der Waals surface area contributed by atoms with Crippen LogP contribution < -0.4 is 0 Å². The molecule has 0 saturated carbocycles. The van der Waals surface area contributed by atoms with E-state index in [1.165, 1.54) is 0 Å². The summed E-state index contributed by atoms with van der Waals surface area (Å²) in [5.74, 6) is 0.252. The van der Waals surface area contributed by atoms with Crippen LogP contribution in [0.15, 0.2) is 0 Å². The van der Waals surface area contributed by atoms with Gasteiger partial charge in [-0.05, 0) is 0 Å².